The highest BCUT2D eigenvalue weighted by Gasteiger charge is 2.42. The third kappa shape index (κ3) is 1.70. The summed E-state index contributed by atoms with van der Waals surface area (Å²) in [4.78, 5) is 11.1. The van der Waals surface area contributed by atoms with E-state index in [1.807, 2.05) is 0 Å². The van der Waals surface area contributed by atoms with Crippen LogP contribution in [-0.4, -0.2) is 11.6 Å². The number of carbonyl (C=O) groups is 1. The molecular weight excluding hydrogens is 176 g/mol. The smallest absolute Gasteiger partial charge is 0.306 e. The standard InChI is InChI=1S/C12H18O2/c1-9-3-5-10(6-4-9)12(2)8-7-11(13)14-12/h3,10H,4-8H2,1-2H3/t10-,12+/m0/s1. The van der Waals surface area contributed by atoms with Gasteiger partial charge in [-0.25, -0.2) is 0 Å². The lowest BCUT2D eigenvalue weighted by Crippen LogP contribution is -2.35. The van der Waals surface area contributed by atoms with Crippen molar-refractivity contribution in [2.45, 2.75) is 51.6 Å². The minimum atomic E-state index is -0.172. The van der Waals surface area contributed by atoms with E-state index in [-0.39, 0.29) is 11.6 Å². The number of esters is 1. The van der Waals surface area contributed by atoms with Crippen LogP contribution in [0.2, 0.25) is 0 Å². The highest BCUT2D eigenvalue weighted by atomic mass is 16.6. The Labute approximate surface area is 85.3 Å². The minimum Gasteiger partial charge on any atom is -0.459 e. The van der Waals surface area contributed by atoms with Crippen molar-refractivity contribution in [2.75, 3.05) is 0 Å². The van der Waals surface area contributed by atoms with Crippen LogP contribution >= 0.6 is 0 Å². The molecule has 1 heterocycles. The van der Waals surface area contributed by atoms with E-state index < -0.39 is 0 Å². The second-order valence-corrected chi connectivity index (χ2v) is 4.81. The van der Waals surface area contributed by atoms with Crippen molar-refractivity contribution in [1.82, 2.24) is 0 Å². The average Bonchev–Trinajstić information content (AvgIpc) is 2.48. The largest absolute Gasteiger partial charge is 0.459 e. The third-order valence-electron chi connectivity index (χ3n) is 3.67. The van der Waals surface area contributed by atoms with Gasteiger partial charge in [0.15, 0.2) is 0 Å². The Bertz CT molecular complexity index is 280. The first-order chi connectivity index (χ1) is 6.60. The second kappa shape index (κ2) is 3.41. The molecule has 0 unspecified atom stereocenters. The fraction of sp³-hybridized carbons (Fsp3) is 0.750. The van der Waals surface area contributed by atoms with Gasteiger partial charge in [0, 0.05) is 12.3 Å². The van der Waals surface area contributed by atoms with Crippen molar-refractivity contribution in [3.63, 3.8) is 0 Å². The first-order valence-electron chi connectivity index (χ1n) is 5.48. The fourth-order valence-electron chi connectivity index (χ4n) is 2.52. The lowest BCUT2D eigenvalue weighted by atomic mass is 9.77. The van der Waals surface area contributed by atoms with Gasteiger partial charge in [-0.2, -0.15) is 0 Å². The Morgan fingerprint density at radius 1 is 1.50 bits per heavy atom. The first-order valence-corrected chi connectivity index (χ1v) is 5.48. The van der Waals surface area contributed by atoms with Crippen LogP contribution in [0.25, 0.3) is 0 Å². The maximum absolute atomic E-state index is 11.1. The topological polar surface area (TPSA) is 26.3 Å². The van der Waals surface area contributed by atoms with Crippen molar-refractivity contribution in [3.05, 3.63) is 11.6 Å². The van der Waals surface area contributed by atoms with Gasteiger partial charge in [0.05, 0.1) is 0 Å². The van der Waals surface area contributed by atoms with Gasteiger partial charge in [0.1, 0.15) is 5.60 Å². The van der Waals surface area contributed by atoms with E-state index in [1.54, 1.807) is 0 Å². The molecule has 2 atom stereocenters. The predicted octanol–water partition coefficient (Wildman–Crippen LogP) is 2.83. The molecule has 2 nitrogen and oxygen atoms in total. The Morgan fingerprint density at radius 3 is 2.79 bits per heavy atom. The molecule has 2 heteroatoms. The second-order valence-electron chi connectivity index (χ2n) is 4.81. The molecule has 14 heavy (non-hydrogen) atoms. The molecule has 1 aliphatic heterocycles. The molecular formula is C12H18O2. The molecule has 1 aliphatic carbocycles. The van der Waals surface area contributed by atoms with Crippen molar-refractivity contribution in [1.29, 1.82) is 0 Å². The van der Waals surface area contributed by atoms with Crippen molar-refractivity contribution in [2.24, 2.45) is 5.92 Å². The number of hydrogen-bond acceptors (Lipinski definition) is 2. The molecule has 0 aromatic rings. The van der Waals surface area contributed by atoms with Gasteiger partial charge in [-0.1, -0.05) is 11.6 Å². The maximum Gasteiger partial charge on any atom is 0.306 e. The molecule has 0 aromatic carbocycles. The Morgan fingerprint density at radius 2 is 2.29 bits per heavy atom. The van der Waals surface area contributed by atoms with E-state index in [1.165, 1.54) is 12.0 Å². The van der Waals surface area contributed by atoms with E-state index in [2.05, 4.69) is 19.9 Å². The quantitative estimate of drug-likeness (QED) is 0.474. The summed E-state index contributed by atoms with van der Waals surface area (Å²) in [5, 5.41) is 0. The molecule has 78 valence electrons. The van der Waals surface area contributed by atoms with E-state index in [0.29, 0.717) is 12.3 Å². The monoisotopic (exact) mass is 194 g/mol. The van der Waals surface area contributed by atoms with Gasteiger partial charge >= 0.3 is 5.97 Å². The highest BCUT2D eigenvalue weighted by molar-refractivity contribution is 5.72. The molecule has 2 rings (SSSR count). The van der Waals surface area contributed by atoms with E-state index in [0.717, 1.165) is 19.3 Å². The van der Waals surface area contributed by atoms with Crippen molar-refractivity contribution in [3.8, 4) is 0 Å². The summed E-state index contributed by atoms with van der Waals surface area (Å²) < 4.78 is 5.46. The molecule has 1 fully saturated rings. The number of carbonyl (C=O) groups excluding carboxylic acids is 1. The normalized spacial score (nSPS) is 38.0. The molecule has 1 saturated heterocycles. The van der Waals surface area contributed by atoms with Gasteiger partial charge in [-0.15, -0.1) is 0 Å². The molecule has 0 amide bonds. The predicted molar refractivity (Wildman–Crippen MR) is 54.8 cm³/mol. The lowest BCUT2D eigenvalue weighted by molar-refractivity contribution is -0.151. The zero-order valence-electron chi connectivity index (χ0n) is 9.01. The van der Waals surface area contributed by atoms with Crippen LogP contribution in [0.3, 0.4) is 0 Å². The molecule has 0 radical (unpaired) electrons. The third-order valence-corrected chi connectivity index (χ3v) is 3.67. The van der Waals surface area contributed by atoms with Gasteiger partial charge < -0.3 is 4.74 Å². The number of rotatable bonds is 1. The zero-order chi connectivity index (χ0) is 10.2. The average molecular weight is 194 g/mol. The molecule has 2 aliphatic rings. The lowest BCUT2D eigenvalue weighted by Gasteiger charge is -2.34. The summed E-state index contributed by atoms with van der Waals surface area (Å²) in [6.45, 7) is 4.27. The Hall–Kier alpha value is -0.790. The van der Waals surface area contributed by atoms with Crippen LogP contribution in [-0.2, 0) is 9.53 Å². The van der Waals surface area contributed by atoms with Crippen LogP contribution in [0.15, 0.2) is 11.6 Å². The SMILES string of the molecule is CC1=CC[C@H]([C@@]2(C)CCC(=O)O2)CC1. The van der Waals surface area contributed by atoms with Crippen LogP contribution < -0.4 is 0 Å². The molecule has 0 N–H and O–H groups in total. The number of allylic oxidation sites excluding steroid dienone is 2. The summed E-state index contributed by atoms with van der Waals surface area (Å²) in [7, 11) is 0. The minimum absolute atomic E-state index is 0.0150. The number of ether oxygens (including phenoxy) is 1. The van der Waals surface area contributed by atoms with Crippen LogP contribution in [0.4, 0.5) is 0 Å². The van der Waals surface area contributed by atoms with Crippen LogP contribution in [0, 0.1) is 5.92 Å². The summed E-state index contributed by atoms with van der Waals surface area (Å²) in [5.41, 5.74) is 1.31. The summed E-state index contributed by atoms with van der Waals surface area (Å²) in [6, 6.07) is 0. The number of hydrogen-bond donors (Lipinski definition) is 0. The van der Waals surface area contributed by atoms with Gasteiger partial charge in [0.25, 0.3) is 0 Å². The zero-order valence-corrected chi connectivity index (χ0v) is 9.01. The van der Waals surface area contributed by atoms with E-state index >= 15 is 0 Å². The Balaban J connectivity index is 2.05. The summed E-state index contributed by atoms with van der Waals surface area (Å²) in [5.74, 6) is 0.524. The van der Waals surface area contributed by atoms with E-state index in [9.17, 15) is 4.79 Å². The van der Waals surface area contributed by atoms with E-state index in [4.69, 9.17) is 4.74 Å². The highest BCUT2D eigenvalue weighted by Crippen LogP contribution is 2.40. The maximum atomic E-state index is 11.1. The molecule has 0 saturated carbocycles. The van der Waals surface area contributed by atoms with Crippen LogP contribution in [0.5, 0.6) is 0 Å². The Kier molecular flexibility index (Phi) is 2.38. The first kappa shape index (κ1) is 9.75. The molecule has 0 spiro atoms. The van der Waals surface area contributed by atoms with Crippen LogP contribution in [0.1, 0.15) is 46.0 Å². The van der Waals surface area contributed by atoms with Crippen molar-refractivity contribution >= 4 is 5.97 Å². The van der Waals surface area contributed by atoms with Gasteiger partial charge in [-0.3, -0.25) is 4.79 Å². The fourth-order valence-corrected chi connectivity index (χ4v) is 2.52. The summed E-state index contributed by atoms with van der Waals surface area (Å²) in [6.07, 6.45) is 7.23. The molecule has 0 aromatic heterocycles. The van der Waals surface area contributed by atoms with Gasteiger partial charge in [-0.05, 0) is 39.5 Å². The summed E-state index contributed by atoms with van der Waals surface area (Å²) >= 11 is 0. The number of cyclic esters (lactones) is 1. The van der Waals surface area contributed by atoms with Crippen molar-refractivity contribution < 1.29 is 9.53 Å². The van der Waals surface area contributed by atoms with Gasteiger partial charge in [0.2, 0.25) is 0 Å². The molecule has 0 bridgehead atoms.